The second kappa shape index (κ2) is 11.1. The molecule has 2 heterocycles. The molecule has 0 spiro atoms. The lowest BCUT2D eigenvalue weighted by Crippen LogP contribution is -2.07. The number of aromatic nitrogens is 2. The molecule has 0 bridgehead atoms. The first-order chi connectivity index (χ1) is 16.9. The zero-order valence-electron chi connectivity index (χ0n) is 19.9. The summed E-state index contributed by atoms with van der Waals surface area (Å²) in [5.74, 6) is 1.78. The summed E-state index contributed by atoms with van der Waals surface area (Å²) in [6, 6.07) is 13.3. The average Bonchev–Trinajstić information content (AvgIpc) is 3.45. The van der Waals surface area contributed by atoms with Crippen molar-refractivity contribution in [1.29, 1.82) is 0 Å². The molecular formula is C26H28N2O6S. The fourth-order valence-corrected chi connectivity index (χ4v) is 4.32. The van der Waals surface area contributed by atoms with E-state index in [1.54, 1.807) is 17.9 Å². The van der Waals surface area contributed by atoms with E-state index in [0.29, 0.717) is 37.0 Å². The Bertz CT molecular complexity index is 1300. The highest BCUT2D eigenvalue weighted by molar-refractivity contribution is 7.13. The Morgan fingerprint density at radius 2 is 1.91 bits per heavy atom. The number of thiazole rings is 1. The van der Waals surface area contributed by atoms with Crippen LogP contribution in [0, 0.1) is 0 Å². The van der Waals surface area contributed by atoms with Gasteiger partial charge in [0.15, 0.2) is 11.5 Å². The lowest BCUT2D eigenvalue weighted by Gasteiger charge is -2.12. The van der Waals surface area contributed by atoms with Crippen LogP contribution in [-0.2, 0) is 11.3 Å². The molecule has 0 aliphatic carbocycles. The summed E-state index contributed by atoms with van der Waals surface area (Å²) < 4.78 is 24.6. The van der Waals surface area contributed by atoms with Crippen molar-refractivity contribution < 1.29 is 28.8 Å². The van der Waals surface area contributed by atoms with E-state index in [9.17, 15) is 4.79 Å². The highest BCUT2D eigenvalue weighted by atomic mass is 32.1. The van der Waals surface area contributed by atoms with Gasteiger partial charge in [-0.25, -0.2) is 4.98 Å². The number of rotatable bonds is 12. The Balaban J connectivity index is 1.29. The van der Waals surface area contributed by atoms with Crippen LogP contribution in [0.3, 0.4) is 0 Å². The van der Waals surface area contributed by atoms with E-state index in [-0.39, 0.29) is 12.6 Å². The smallest absolute Gasteiger partial charge is 0.323 e. The van der Waals surface area contributed by atoms with Crippen molar-refractivity contribution in [2.45, 2.75) is 32.9 Å². The van der Waals surface area contributed by atoms with Gasteiger partial charge in [0.1, 0.15) is 17.3 Å². The minimum Gasteiger partial charge on any atom is -0.493 e. The van der Waals surface area contributed by atoms with Gasteiger partial charge < -0.3 is 28.6 Å². The molecule has 4 aromatic rings. The van der Waals surface area contributed by atoms with Gasteiger partial charge in [0, 0.05) is 29.1 Å². The van der Waals surface area contributed by atoms with Crippen molar-refractivity contribution in [2.75, 3.05) is 20.3 Å². The summed E-state index contributed by atoms with van der Waals surface area (Å²) in [6.45, 7) is 4.83. The van der Waals surface area contributed by atoms with E-state index >= 15 is 0 Å². The number of fused-ring (bicyclic) bond motifs is 1. The van der Waals surface area contributed by atoms with Crippen LogP contribution >= 0.6 is 11.3 Å². The van der Waals surface area contributed by atoms with Crippen LogP contribution in [-0.4, -0.2) is 47.1 Å². The minimum absolute atomic E-state index is 0.0666. The van der Waals surface area contributed by atoms with Crippen LogP contribution in [0.2, 0.25) is 0 Å². The molecule has 2 aromatic carbocycles. The number of methoxy groups -OCH3 is 1. The van der Waals surface area contributed by atoms with E-state index < -0.39 is 5.97 Å². The molecule has 2 aromatic heterocycles. The van der Waals surface area contributed by atoms with Crippen LogP contribution in [0.15, 0.2) is 54.0 Å². The Morgan fingerprint density at radius 1 is 1.09 bits per heavy atom. The number of aliphatic carboxylic acids is 1. The van der Waals surface area contributed by atoms with Gasteiger partial charge in [-0.3, -0.25) is 4.79 Å². The normalized spacial score (nSPS) is 11.1. The summed E-state index contributed by atoms with van der Waals surface area (Å²) in [7, 11) is 1.62. The molecule has 0 unspecified atom stereocenters. The van der Waals surface area contributed by atoms with Gasteiger partial charge in [0.05, 0.1) is 31.8 Å². The molecule has 184 valence electrons. The van der Waals surface area contributed by atoms with Crippen molar-refractivity contribution in [3.05, 3.63) is 54.0 Å². The summed E-state index contributed by atoms with van der Waals surface area (Å²) in [6.07, 6.45) is 2.53. The van der Waals surface area contributed by atoms with Gasteiger partial charge in [-0.05, 0) is 56.3 Å². The third-order valence-electron chi connectivity index (χ3n) is 5.11. The maximum atomic E-state index is 11.0. The number of benzene rings is 2. The van der Waals surface area contributed by atoms with E-state index in [1.165, 1.54) is 11.3 Å². The van der Waals surface area contributed by atoms with Crippen LogP contribution in [0.1, 0.15) is 20.3 Å². The number of carbonyl (C=O) groups is 1. The standard InChI is InChI=1S/C26H28N2O6S/c1-17(2)34-24-16-35-26(27-24)19-5-8-22(23(14-19)31-3)33-12-4-11-32-20-6-7-21-18(13-20)9-10-28(21)15-25(29)30/h5-10,13-14,16-17H,4,11-12,15H2,1-3H3,(H,29,30). The maximum absolute atomic E-state index is 11.0. The van der Waals surface area contributed by atoms with E-state index in [2.05, 4.69) is 4.98 Å². The second-order valence-corrected chi connectivity index (χ2v) is 8.99. The van der Waals surface area contributed by atoms with Crippen molar-refractivity contribution in [3.63, 3.8) is 0 Å². The molecule has 0 radical (unpaired) electrons. The zero-order chi connectivity index (χ0) is 24.8. The Kier molecular flexibility index (Phi) is 7.77. The van der Waals surface area contributed by atoms with Gasteiger partial charge >= 0.3 is 5.97 Å². The van der Waals surface area contributed by atoms with Crippen molar-refractivity contribution in [1.82, 2.24) is 9.55 Å². The van der Waals surface area contributed by atoms with Gasteiger partial charge in [0.2, 0.25) is 5.88 Å². The highest BCUT2D eigenvalue weighted by Crippen LogP contribution is 2.35. The summed E-state index contributed by atoms with van der Waals surface area (Å²) >= 11 is 1.52. The first kappa shape index (κ1) is 24.4. The highest BCUT2D eigenvalue weighted by Gasteiger charge is 2.12. The quantitative estimate of drug-likeness (QED) is 0.259. The fourth-order valence-electron chi connectivity index (χ4n) is 3.59. The monoisotopic (exact) mass is 496 g/mol. The number of nitrogens with zero attached hydrogens (tertiary/aromatic N) is 2. The average molecular weight is 497 g/mol. The van der Waals surface area contributed by atoms with Crippen molar-refractivity contribution >= 4 is 28.2 Å². The van der Waals surface area contributed by atoms with Crippen LogP contribution < -0.4 is 18.9 Å². The third-order valence-corrected chi connectivity index (χ3v) is 5.98. The number of carboxylic acid groups (broad SMARTS) is 1. The molecule has 9 heteroatoms. The van der Waals surface area contributed by atoms with Gasteiger partial charge in [-0.15, -0.1) is 11.3 Å². The van der Waals surface area contributed by atoms with E-state index in [4.69, 9.17) is 24.1 Å². The second-order valence-electron chi connectivity index (χ2n) is 8.13. The van der Waals surface area contributed by atoms with Crippen LogP contribution in [0.5, 0.6) is 23.1 Å². The van der Waals surface area contributed by atoms with Crippen molar-refractivity contribution in [3.8, 4) is 33.7 Å². The van der Waals surface area contributed by atoms with E-state index in [1.807, 2.05) is 61.7 Å². The van der Waals surface area contributed by atoms with Gasteiger partial charge in [0.25, 0.3) is 0 Å². The van der Waals surface area contributed by atoms with Crippen LogP contribution in [0.4, 0.5) is 0 Å². The maximum Gasteiger partial charge on any atom is 0.323 e. The molecule has 0 amide bonds. The number of carboxylic acids is 1. The SMILES string of the molecule is COc1cc(-c2nc(OC(C)C)cs2)ccc1OCCCOc1ccc2c(ccn2CC(=O)O)c1. The minimum atomic E-state index is -0.873. The van der Waals surface area contributed by atoms with E-state index in [0.717, 1.165) is 27.2 Å². The summed E-state index contributed by atoms with van der Waals surface area (Å²) in [4.78, 5) is 15.5. The number of ether oxygens (including phenoxy) is 4. The Hall–Kier alpha value is -3.72. The first-order valence-electron chi connectivity index (χ1n) is 11.3. The molecule has 4 rings (SSSR count). The fraction of sp³-hybridized carbons (Fsp3) is 0.308. The predicted octanol–water partition coefficient (Wildman–Crippen LogP) is 5.49. The topological polar surface area (TPSA) is 92.0 Å². The lowest BCUT2D eigenvalue weighted by molar-refractivity contribution is -0.137. The molecule has 0 aliphatic rings. The number of hydrogen-bond acceptors (Lipinski definition) is 7. The molecule has 0 saturated heterocycles. The van der Waals surface area contributed by atoms with Gasteiger partial charge in [-0.2, -0.15) is 0 Å². The Morgan fingerprint density at radius 3 is 2.69 bits per heavy atom. The van der Waals surface area contributed by atoms with Gasteiger partial charge in [-0.1, -0.05) is 0 Å². The lowest BCUT2D eigenvalue weighted by atomic mass is 10.2. The zero-order valence-corrected chi connectivity index (χ0v) is 20.7. The van der Waals surface area contributed by atoms with Crippen molar-refractivity contribution in [2.24, 2.45) is 0 Å². The molecule has 35 heavy (non-hydrogen) atoms. The number of hydrogen-bond donors (Lipinski definition) is 1. The Labute approximate surface area is 207 Å². The predicted molar refractivity (Wildman–Crippen MR) is 135 cm³/mol. The molecule has 0 fully saturated rings. The molecule has 0 aliphatic heterocycles. The molecule has 8 nitrogen and oxygen atoms in total. The third kappa shape index (κ3) is 6.24. The molecular weight excluding hydrogens is 468 g/mol. The van der Waals surface area contributed by atoms with Crippen LogP contribution in [0.25, 0.3) is 21.5 Å². The largest absolute Gasteiger partial charge is 0.493 e. The summed E-state index contributed by atoms with van der Waals surface area (Å²) in [5, 5.41) is 12.7. The molecule has 1 N–H and O–H groups in total. The molecule has 0 atom stereocenters. The summed E-state index contributed by atoms with van der Waals surface area (Å²) in [5.41, 5.74) is 1.80. The first-order valence-corrected chi connectivity index (χ1v) is 12.2. The molecule has 0 saturated carbocycles.